The molecule has 1 aliphatic rings. The van der Waals surface area contributed by atoms with Crippen LogP contribution in [0.4, 0.5) is 0 Å². The van der Waals surface area contributed by atoms with E-state index in [9.17, 15) is 0 Å². The maximum Gasteiger partial charge on any atom is 0.212 e. The molecule has 0 saturated carbocycles. The molecule has 1 fully saturated rings. The van der Waals surface area contributed by atoms with Gasteiger partial charge >= 0.3 is 0 Å². The van der Waals surface area contributed by atoms with E-state index in [1.807, 2.05) is 22.9 Å². The third-order valence-corrected chi connectivity index (χ3v) is 6.17. The number of nitrogens with one attached hydrogen (secondary N) is 1. The molecule has 1 N–H and O–H groups in total. The van der Waals surface area contributed by atoms with Gasteiger partial charge in [-0.25, -0.2) is 4.68 Å². The Morgan fingerprint density at radius 2 is 1.83 bits per heavy atom. The number of hydrogen-bond acceptors (Lipinski definition) is 4. The van der Waals surface area contributed by atoms with Crippen LogP contribution in [0.3, 0.4) is 0 Å². The first-order valence-electron chi connectivity index (χ1n) is 9.95. The molecule has 8 heteroatoms. The Balaban J connectivity index is 1.97. The van der Waals surface area contributed by atoms with E-state index in [-0.39, 0.29) is 17.0 Å². The fraction of sp³-hybridized carbons (Fsp3) is 0.571. The molecule has 0 unspecified atom stereocenters. The fourth-order valence-corrected chi connectivity index (χ4v) is 4.23. The fourth-order valence-electron chi connectivity index (χ4n) is 3.76. The quantitative estimate of drug-likeness (QED) is 0.776. The van der Waals surface area contributed by atoms with E-state index in [4.69, 9.17) is 27.9 Å². The summed E-state index contributed by atoms with van der Waals surface area (Å²) >= 11 is 12.4. The lowest BCUT2D eigenvalue weighted by molar-refractivity contribution is -0.964. The smallest absolute Gasteiger partial charge is 0.212 e. The minimum atomic E-state index is -0.234. The molecule has 2 heterocycles. The van der Waals surface area contributed by atoms with Gasteiger partial charge in [-0.05, 0) is 47.4 Å². The molecule has 158 valence electrons. The first kappa shape index (κ1) is 22.2. The van der Waals surface area contributed by atoms with Crippen LogP contribution in [0.1, 0.15) is 52.0 Å². The number of ether oxygens (including phenoxy) is 1. The topological polar surface area (TPSA) is 57.3 Å². The van der Waals surface area contributed by atoms with E-state index in [0.29, 0.717) is 10.0 Å². The zero-order valence-corrected chi connectivity index (χ0v) is 19.3. The highest BCUT2D eigenvalue weighted by molar-refractivity contribution is 6.35. The third-order valence-electron chi connectivity index (χ3n) is 5.60. The van der Waals surface area contributed by atoms with E-state index in [0.717, 1.165) is 37.7 Å². The van der Waals surface area contributed by atoms with Crippen LogP contribution in [-0.4, -0.2) is 46.5 Å². The summed E-state index contributed by atoms with van der Waals surface area (Å²) in [6.45, 7) is 14.4. The normalized spacial score (nSPS) is 17.8. The molecule has 3 rings (SSSR count). The van der Waals surface area contributed by atoms with E-state index in [1.54, 1.807) is 6.07 Å². The average Bonchev–Trinajstić information content (AvgIpc) is 3.13. The summed E-state index contributed by atoms with van der Waals surface area (Å²) in [5.74, 6) is 0.876. The van der Waals surface area contributed by atoms with Crippen molar-refractivity contribution >= 4 is 29.3 Å². The summed E-state index contributed by atoms with van der Waals surface area (Å²) in [7, 11) is 0. The molecular weight excluding hydrogens is 409 g/mol. The predicted molar refractivity (Wildman–Crippen MR) is 116 cm³/mol. The summed E-state index contributed by atoms with van der Waals surface area (Å²) in [5.41, 5.74) is 0.580. The van der Waals surface area contributed by atoms with Crippen molar-refractivity contribution in [2.75, 3.05) is 26.3 Å². The second kappa shape index (κ2) is 8.72. The molecule has 1 saturated heterocycles. The Hall–Kier alpha value is -1.47. The van der Waals surface area contributed by atoms with Gasteiger partial charge in [0.25, 0.3) is 0 Å². The Morgan fingerprint density at radius 3 is 2.45 bits per heavy atom. The number of morpholine rings is 1. The molecule has 0 bridgehead atoms. The lowest BCUT2D eigenvalue weighted by Gasteiger charge is -2.38. The molecule has 1 aromatic heterocycles. The van der Waals surface area contributed by atoms with E-state index in [2.05, 4.69) is 56.2 Å². The molecular formula is C21H30Cl2N5O+. The zero-order chi connectivity index (χ0) is 21.2. The first-order chi connectivity index (χ1) is 13.6. The lowest BCUT2D eigenvalue weighted by Crippen LogP contribution is -3.19. The molecule has 0 spiro atoms. The molecule has 0 aliphatic carbocycles. The van der Waals surface area contributed by atoms with Crippen LogP contribution < -0.4 is 4.90 Å². The largest absolute Gasteiger partial charge is 0.370 e. The molecule has 29 heavy (non-hydrogen) atoms. The number of hydrogen-bond donors (Lipinski definition) is 1. The standard InChI is InChI=1S/C21H29Cl2N5O/c1-20(2,3)18(9-7-15-6-8-16(22)14-17(15)23)28-19(24-25-26-28)21(4,5)27-10-12-29-13-11-27/h6-9,14,18H,10-13H2,1-5H3/p+1/t18-/m0/s1. The second-order valence-electron chi connectivity index (χ2n) is 9.12. The zero-order valence-electron chi connectivity index (χ0n) is 17.7. The van der Waals surface area contributed by atoms with Crippen LogP contribution in [-0.2, 0) is 10.3 Å². The number of benzene rings is 1. The van der Waals surface area contributed by atoms with Gasteiger partial charge in [0.1, 0.15) is 13.1 Å². The van der Waals surface area contributed by atoms with Crippen LogP contribution in [0.5, 0.6) is 0 Å². The van der Waals surface area contributed by atoms with Gasteiger partial charge in [-0.3, -0.25) is 0 Å². The monoisotopic (exact) mass is 438 g/mol. The van der Waals surface area contributed by atoms with Gasteiger partial charge in [-0.2, -0.15) is 0 Å². The summed E-state index contributed by atoms with van der Waals surface area (Å²) in [6.07, 6.45) is 4.15. The molecule has 1 atom stereocenters. The Bertz CT molecular complexity index is 866. The minimum absolute atomic E-state index is 0.0426. The van der Waals surface area contributed by atoms with Crippen molar-refractivity contribution < 1.29 is 9.64 Å². The summed E-state index contributed by atoms with van der Waals surface area (Å²) < 4.78 is 7.50. The highest BCUT2D eigenvalue weighted by Crippen LogP contribution is 2.34. The van der Waals surface area contributed by atoms with E-state index >= 15 is 0 Å². The highest BCUT2D eigenvalue weighted by atomic mass is 35.5. The van der Waals surface area contributed by atoms with Crippen molar-refractivity contribution in [3.8, 4) is 0 Å². The van der Waals surface area contributed by atoms with Crippen LogP contribution in [0, 0.1) is 5.41 Å². The van der Waals surface area contributed by atoms with Gasteiger partial charge < -0.3 is 9.64 Å². The number of aromatic nitrogens is 4. The Labute approximate surface area is 182 Å². The van der Waals surface area contributed by atoms with Gasteiger partial charge in [0.2, 0.25) is 5.82 Å². The maximum atomic E-state index is 6.36. The number of allylic oxidation sites excluding steroid dienone is 1. The minimum Gasteiger partial charge on any atom is -0.370 e. The summed E-state index contributed by atoms with van der Waals surface area (Å²) in [5, 5.41) is 14.1. The maximum absolute atomic E-state index is 6.36. The van der Waals surface area contributed by atoms with Crippen molar-refractivity contribution in [3.63, 3.8) is 0 Å². The van der Waals surface area contributed by atoms with Gasteiger partial charge in [-0.1, -0.05) is 62.2 Å². The van der Waals surface area contributed by atoms with Gasteiger partial charge in [-0.15, -0.1) is 5.10 Å². The average molecular weight is 439 g/mol. The van der Waals surface area contributed by atoms with Crippen molar-refractivity contribution in [1.29, 1.82) is 0 Å². The number of quaternary nitrogens is 1. The number of rotatable bonds is 5. The highest BCUT2D eigenvalue weighted by Gasteiger charge is 2.41. The van der Waals surface area contributed by atoms with E-state index in [1.165, 1.54) is 4.90 Å². The number of tetrazole rings is 1. The molecule has 0 amide bonds. The number of nitrogens with zero attached hydrogens (tertiary/aromatic N) is 4. The molecule has 0 radical (unpaired) electrons. The second-order valence-corrected chi connectivity index (χ2v) is 9.97. The Morgan fingerprint density at radius 1 is 1.14 bits per heavy atom. The van der Waals surface area contributed by atoms with Gasteiger partial charge in [0.05, 0.1) is 19.3 Å². The molecule has 2 aromatic rings. The summed E-state index contributed by atoms with van der Waals surface area (Å²) in [6, 6.07) is 5.47. The summed E-state index contributed by atoms with van der Waals surface area (Å²) in [4.78, 5) is 1.43. The molecule has 1 aromatic carbocycles. The van der Waals surface area contributed by atoms with Crippen molar-refractivity contribution in [3.05, 3.63) is 45.7 Å². The molecule has 6 nitrogen and oxygen atoms in total. The number of halogens is 2. The first-order valence-corrected chi connectivity index (χ1v) is 10.7. The van der Waals surface area contributed by atoms with Crippen LogP contribution in [0.25, 0.3) is 6.08 Å². The SMILES string of the molecule is CC(C)(C)[C@H](C=Cc1ccc(Cl)cc1Cl)n1nnnc1C(C)(C)[NH+]1CCOCC1. The van der Waals surface area contributed by atoms with Crippen molar-refractivity contribution in [2.45, 2.75) is 46.2 Å². The van der Waals surface area contributed by atoms with Crippen molar-refractivity contribution in [2.24, 2.45) is 5.41 Å². The van der Waals surface area contributed by atoms with Crippen LogP contribution in [0.2, 0.25) is 10.0 Å². The van der Waals surface area contributed by atoms with Crippen LogP contribution in [0.15, 0.2) is 24.3 Å². The van der Waals surface area contributed by atoms with Gasteiger partial charge in [0.15, 0.2) is 5.54 Å². The predicted octanol–water partition coefficient (Wildman–Crippen LogP) is 3.43. The molecule has 1 aliphatic heterocycles. The van der Waals surface area contributed by atoms with Crippen LogP contribution >= 0.6 is 23.2 Å². The van der Waals surface area contributed by atoms with Crippen molar-refractivity contribution in [1.82, 2.24) is 20.2 Å². The Kier molecular flexibility index (Phi) is 6.68. The lowest BCUT2D eigenvalue weighted by atomic mass is 9.85. The third kappa shape index (κ3) is 5.00. The van der Waals surface area contributed by atoms with E-state index < -0.39 is 0 Å². The van der Waals surface area contributed by atoms with Gasteiger partial charge in [0, 0.05) is 10.0 Å².